The summed E-state index contributed by atoms with van der Waals surface area (Å²) in [4.78, 5) is 0.0214. The summed E-state index contributed by atoms with van der Waals surface area (Å²) in [5.74, 6) is 0.236. The van der Waals surface area contributed by atoms with E-state index in [2.05, 4.69) is 20.7 Å². The third kappa shape index (κ3) is 4.34. The average Bonchev–Trinajstić information content (AvgIpc) is 2.37. The molecule has 0 amide bonds. The molecule has 0 aromatic heterocycles. The van der Waals surface area contributed by atoms with Gasteiger partial charge in [0.25, 0.3) is 0 Å². The fraction of sp³-hybridized carbons (Fsp3) is 0.455. The topological polar surface area (TPSA) is 90.7 Å². The van der Waals surface area contributed by atoms with Crippen LogP contribution < -0.4 is 15.2 Å². The number of hydrogen-bond acceptors (Lipinski definition) is 5. The molecule has 6 nitrogen and oxygen atoms in total. The van der Waals surface area contributed by atoms with Gasteiger partial charge < -0.3 is 15.2 Å². The van der Waals surface area contributed by atoms with Crippen molar-refractivity contribution in [2.24, 2.45) is 0 Å². The molecule has 0 unspecified atom stereocenters. The number of benzene rings is 1. The second-order valence-corrected chi connectivity index (χ2v) is 6.36. The first-order valence-electron chi connectivity index (χ1n) is 5.54. The Morgan fingerprint density at radius 1 is 1.37 bits per heavy atom. The molecule has 0 bridgehead atoms. The highest BCUT2D eigenvalue weighted by atomic mass is 79.9. The van der Waals surface area contributed by atoms with Crippen LogP contribution in [0.1, 0.15) is 6.42 Å². The van der Waals surface area contributed by atoms with E-state index in [1.54, 1.807) is 7.11 Å². The average molecular weight is 353 g/mol. The van der Waals surface area contributed by atoms with Crippen molar-refractivity contribution in [2.45, 2.75) is 11.3 Å². The molecule has 0 saturated carbocycles. The van der Waals surface area contributed by atoms with Gasteiger partial charge in [0.2, 0.25) is 10.0 Å². The Kier molecular flexibility index (Phi) is 6.05. The molecule has 1 aromatic rings. The number of nitrogens with one attached hydrogen (secondary N) is 1. The number of methoxy groups -OCH3 is 2. The Hall–Kier alpha value is -0.830. The van der Waals surface area contributed by atoms with Gasteiger partial charge in [-0.25, -0.2) is 13.1 Å². The molecule has 8 heteroatoms. The Bertz CT molecular complexity index is 534. The monoisotopic (exact) mass is 352 g/mol. The van der Waals surface area contributed by atoms with E-state index in [9.17, 15) is 8.42 Å². The van der Waals surface area contributed by atoms with Crippen molar-refractivity contribution in [3.05, 3.63) is 16.6 Å². The van der Waals surface area contributed by atoms with Gasteiger partial charge in [-0.05, 0) is 34.5 Å². The molecule has 0 spiro atoms. The summed E-state index contributed by atoms with van der Waals surface area (Å²) in [7, 11) is -0.687. The van der Waals surface area contributed by atoms with Crippen LogP contribution in [-0.4, -0.2) is 35.8 Å². The minimum Gasteiger partial charge on any atom is -0.495 e. The Labute approximate surface area is 121 Å². The van der Waals surface area contributed by atoms with Gasteiger partial charge in [0.15, 0.2) is 0 Å². The summed E-state index contributed by atoms with van der Waals surface area (Å²) >= 11 is 3.22. The van der Waals surface area contributed by atoms with Crippen LogP contribution in [0.2, 0.25) is 0 Å². The van der Waals surface area contributed by atoms with E-state index >= 15 is 0 Å². The standard InChI is InChI=1S/C11H17BrN2O4S/c1-17-5-3-4-14-19(15,16)11-7-9(13)8(12)6-10(11)18-2/h6-7,14H,3-5,13H2,1-2H3. The Morgan fingerprint density at radius 3 is 2.63 bits per heavy atom. The second-order valence-electron chi connectivity index (χ2n) is 3.77. The van der Waals surface area contributed by atoms with E-state index in [0.29, 0.717) is 23.2 Å². The Balaban J connectivity index is 2.97. The van der Waals surface area contributed by atoms with Crippen LogP contribution in [0.5, 0.6) is 5.75 Å². The zero-order chi connectivity index (χ0) is 14.5. The molecule has 3 N–H and O–H groups in total. The highest BCUT2D eigenvalue weighted by Gasteiger charge is 2.20. The van der Waals surface area contributed by atoms with Gasteiger partial charge in [-0.1, -0.05) is 0 Å². The van der Waals surface area contributed by atoms with Crippen LogP contribution >= 0.6 is 15.9 Å². The van der Waals surface area contributed by atoms with Gasteiger partial charge in [-0.2, -0.15) is 0 Å². The molecular weight excluding hydrogens is 336 g/mol. The molecule has 1 rings (SSSR count). The first-order valence-corrected chi connectivity index (χ1v) is 7.81. The lowest BCUT2D eigenvalue weighted by Crippen LogP contribution is -2.26. The molecule has 0 fully saturated rings. The van der Waals surface area contributed by atoms with E-state index in [1.165, 1.54) is 19.2 Å². The van der Waals surface area contributed by atoms with Crippen molar-refractivity contribution in [1.82, 2.24) is 4.72 Å². The molecule has 0 atom stereocenters. The zero-order valence-corrected chi connectivity index (χ0v) is 13.2. The highest BCUT2D eigenvalue weighted by molar-refractivity contribution is 9.10. The van der Waals surface area contributed by atoms with Crippen LogP contribution in [0.4, 0.5) is 5.69 Å². The number of anilines is 1. The maximum Gasteiger partial charge on any atom is 0.244 e. The number of halogens is 1. The SMILES string of the molecule is COCCCNS(=O)(=O)c1cc(N)c(Br)cc1OC. The number of ether oxygens (including phenoxy) is 2. The molecule has 19 heavy (non-hydrogen) atoms. The smallest absolute Gasteiger partial charge is 0.244 e. The van der Waals surface area contributed by atoms with Gasteiger partial charge in [0, 0.05) is 30.4 Å². The van der Waals surface area contributed by atoms with Gasteiger partial charge in [-0.15, -0.1) is 0 Å². The fourth-order valence-electron chi connectivity index (χ4n) is 1.42. The molecule has 0 saturated heterocycles. The van der Waals surface area contributed by atoms with Crippen molar-refractivity contribution in [3.63, 3.8) is 0 Å². The highest BCUT2D eigenvalue weighted by Crippen LogP contribution is 2.32. The summed E-state index contributed by atoms with van der Waals surface area (Å²) < 4.78 is 37.3. The summed E-state index contributed by atoms with van der Waals surface area (Å²) in [6.45, 7) is 0.775. The summed E-state index contributed by atoms with van der Waals surface area (Å²) in [5.41, 5.74) is 6.03. The molecule has 0 aliphatic heterocycles. The van der Waals surface area contributed by atoms with Gasteiger partial charge in [0.1, 0.15) is 10.6 Å². The van der Waals surface area contributed by atoms with Crippen LogP contribution in [0.3, 0.4) is 0 Å². The van der Waals surface area contributed by atoms with E-state index < -0.39 is 10.0 Å². The zero-order valence-electron chi connectivity index (χ0n) is 10.8. The first kappa shape index (κ1) is 16.2. The van der Waals surface area contributed by atoms with E-state index in [-0.39, 0.29) is 17.2 Å². The molecule has 108 valence electrons. The van der Waals surface area contributed by atoms with Crippen molar-refractivity contribution < 1.29 is 17.9 Å². The van der Waals surface area contributed by atoms with Crippen LogP contribution in [0.15, 0.2) is 21.5 Å². The van der Waals surface area contributed by atoms with Crippen molar-refractivity contribution in [3.8, 4) is 5.75 Å². The third-order valence-electron chi connectivity index (χ3n) is 2.39. The van der Waals surface area contributed by atoms with Gasteiger partial charge in [0.05, 0.1) is 7.11 Å². The maximum atomic E-state index is 12.1. The van der Waals surface area contributed by atoms with E-state index in [4.69, 9.17) is 15.2 Å². The number of nitrogen functional groups attached to an aromatic ring is 1. The lowest BCUT2D eigenvalue weighted by molar-refractivity contribution is 0.196. The molecule has 0 heterocycles. The van der Waals surface area contributed by atoms with Crippen molar-refractivity contribution >= 4 is 31.6 Å². The molecular formula is C11H17BrN2O4S. The molecule has 0 radical (unpaired) electrons. The summed E-state index contributed by atoms with van der Waals surface area (Å²) in [6, 6.07) is 2.89. The molecule has 1 aromatic carbocycles. The number of rotatable bonds is 7. The van der Waals surface area contributed by atoms with Crippen LogP contribution in [0, 0.1) is 0 Å². The minimum absolute atomic E-state index is 0.0214. The van der Waals surface area contributed by atoms with Crippen LogP contribution in [0.25, 0.3) is 0 Å². The Morgan fingerprint density at radius 2 is 2.05 bits per heavy atom. The normalized spacial score (nSPS) is 11.5. The first-order chi connectivity index (χ1) is 8.92. The third-order valence-corrected chi connectivity index (χ3v) is 4.56. The van der Waals surface area contributed by atoms with Crippen LogP contribution in [-0.2, 0) is 14.8 Å². The predicted molar refractivity (Wildman–Crippen MR) is 76.8 cm³/mol. The van der Waals surface area contributed by atoms with Crippen molar-refractivity contribution in [1.29, 1.82) is 0 Å². The molecule has 0 aliphatic rings. The second kappa shape index (κ2) is 7.09. The largest absolute Gasteiger partial charge is 0.495 e. The summed E-state index contributed by atoms with van der Waals surface area (Å²) in [5, 5.41) is 0. The van der Waals surface area contributed by atoms with Gasteiger partial charge >= 0.3 is 0 Å². The van der Waals surface area contributed by atoms with Crippen molar-refractivity contribution in [2.75, 3.05) is 33.1 Å². The lowest BCUT2D eigenvalue weighted by Gasteiger charge is -2.12. The fourth-order valence-corrected chi connectivity index (χ4v) is 3.00. The number of hydrogen-bond donors (Lipinski definition) is 2. The molecule has 0 aliphatic carbocycles. The van der Waals surface area contributed by atoms with Gasteiger partial charge in [-0.3, -0.25) is 0 Å². The van der Waals surface area contributed by atoms with E-state index in [0.717, 1.165) is 0 Å². The van der Waals surface area contributed by atoms with E-state index in [1.807, 2.05) is 0 Å². The quantitative estimate of drug-likeness (QED) is 0.571. The number of nitrogens with two attached hydrogens (primary N) is 1. The minimum atomic E-state index is -3.65. The maximum absolute atomic E-state index is 12.1. The predicted octanol–water partition coefficient (Wildman–Crippen LogP) is 1.35. The summed E-state index contributed by atoms with van der Waals surface area (Å²) in [6.07, 6.45) is 0.587. The lowest BCUT2D eigenvalue weighted by atomic mass is 10.3. The number of sulfonamides is 1.